The molecule has 3 aromatic carbocycles. The number of nitrogens with zero attached hydrogens (tertiary/aromatic N) is 1. The Bertz CT molecular complexity index is 1110. The van der Waals surface area contributed by atoms with Crippen LogP contribution < -0.4 is 10.1 Å². The first kappa shape index (κ1) is 16.8. The predicted octanol–water partition coefficient (Wildman–Crippen LogP) is 5.78. The number of hydrogen-bond acceptors (Lipinski definition) is 3. The Morgan fingerprint density at radius 3 is 2.43 bits per heavy atom. The highest BCUT2D eigenvalue weighted by atomic mass is 16.5. The second-order valence-corrected chi connectivity index (χ2v) is 7.17. The molecule has 1 aromatic heterocycles. The van der Waals surface area contributed by atoms with Gasteiger partial charge in [0, 0.05) is 23.3 Å². The number of pyridine rings is 1. The van der Waals surface area contributed by atoms with Gasteiger partial charge in [-0.3, -0.25) is 4.98 Å². The number of hydrogen-bond donors (Lipinski definition) is 1. The van der Waals surface area contributed by atoms with E-state index in [9.17, 15) is 0 Å². The molecule has 3 heteroatoms. The highest BCUT2D eigenvalue weighted by molar-refractivity contribution is 5.95. The molecule has 138 valence electrons. The zero-order valence-electron chi connectivity index (χ0n) is 15.7. The third kappa shape index (κ3) is 3.31. The molecule has 1 N–H and O–H groups in total. The van der Waals surface area contributed by atoms with Gasteiger partial charge < -0.3 is 10.1 Å². The number of rotatable bonds is 5. The molecule has 1 aliphatic heterocycles. The summed E-state index contributed by atoms with van der Waals surface area (Å²) in [5.41, 5.74) is 6.19. The molecule has 0 fully saturated rings. The molecule has 5 rings (SSSR count). The molecule has 0 amide bonds. The van der Waals surface area contributed by atoms with Crippen LogP contribution in [-0.4, -0.2) is 11.5 Å². The molecule has 28 heavy (non-hydrogen) atoms. The Kier molecular flexibility index (Phi) is 4.42. The first-order valence-electron chi connectivity index (χ1n) is 9.83. The second-order valence-electron chi connectivity index (χ2n) is 7.17. The maximum atomic E-state index is 6.03. The predicted molar refractivity (Wildman–Crippen MR) is 114 cm³/mol. The highest BCUT2D eigenvalue weighted by Gasteiger charge is 2.19. The van der Waals surface area contributed by atoms with Gasteiger partial charge in [-0.05, 0) is 60.7 Å². The Balaban J connectivity index is 1.48. The van der Waals surface area contributed by atoms with E-state index >= 15 is 0 Å². The lowest BCUT2D eigenvalue weighted by molar-refractivity contribution is 0.483. The fourth-order valence-corrected chi connectivity index (χ4v) is 3.92. The summed E-state index contributed by atoms with van der Waals surface area (Å²) in [6.45, 7) is 0.970. The first-order valence-corrected chi connectivity index (χ1v) is 9.83. The monoisotopic (exact) mass is 366 g/mol. The molecule has 0 saturated carbocycles. The largest absolute Gasteiger partial charge is 0.457 e. The van der Waals surface area contributed by atoms with E-state index in [4.69, 9.17) is 9.72 Å². The van der Waals surface area contributed by atoms with Crippen molar-refractivity contribution >= 4 is 16.6 Å². The third-order valence-electron chi connectivity index (χ3n) is 5.29. The van der Waals surface area contributed by atoms with E-state index in [0.29, 0.717) is 0 Å². The van der Waals surface area contributed by atoms with E-state index < -0.39 is 0 Å². The third-order valence-corrected chi connectivity index (χ3v) is 5.29. The van der Waals surface area contributed by atoms with E-state index in [1.54, 1.807) is 0 Å². The minimum Gasteiger partial charge on any atom is -0.457 e. The molecular weight excluding hydrogens is 344 g/mol. The number of aromatic nitrogens is 1. The van der Waals surface area contributed by atoms with Gasteiger partial charge >= 0.3 is 0 Å². The lowest BCUT2D eigenvalue weighted by Crippen LogP contribution is -2.00. The summed E-state index contributed by atoms with van der Waals surface area (Å²) in [5.74, 6) is 1.69. The van der Waals surface area contributed by atoms with Gasteiger partial charge in [-0.1, -0.05) is 48.5 Å². The van der Waals surface area contributed by atoms with Gasteiger partial charge in [0.25, 0.3) is 0 Å². The van der Waals surface area contributed by atoms with E-state index in [1.165, 1.54) is 22.5 Å². The Hall–Kier alpha value is -3.33. The van der Waals surface area contributed by atoms with Gasteiger partial charge in [0.15, 0.2) is 0 Å². The summed E-state index contributed by atoms with van der Waals surface area (Å²) in [5, 5.41) is 4.72. The average Bonchev–Trinajstić information content (AvgIpc) is 3.24. The van der Waals surface area contributed by atoms with Gasteiger partial charge in [0.1, 0.15) is 11.5 Å². The van der Waals surface area contributed by atoms with Gasteiger partial charge in [-0.2, -0.15) is 0 Å². The maximum Gasteiger partial charge on any atom is 0.128 e. The topological polar surface area (TPSA) is 34.1 Å². The number of benzene rings is 3. The molecule has 3 nitrogen and oxygen atoms in total. The van der Waals surface area contributed by atoms with Crippen molar-refractivity contribution in [2.75, 3.05) is 11.9 Å². The molecule has 0 unspecified atom stereocenters. The number of para-hydroxylation sites is 1. The van der Waals surface area contributed by atoms with Crippen LogP contribution in [0, 0.1) is 0 Å². The zero-order chi connectivity index (χ0) is 18.8. The van der Waals surface area contributed by atoms with Crippen LogP contribution in [0.25, 0.3) is 10.9 Å². The van der Waals surface area contributed by atoms with Gasteiger partial charge in [-0.15, -0.1) is 0 Å². The van der Waals surface area contributed by atoms with E-state index in [0.717, 1.165) is 48.2 Å². The molecule has 2 heterocycles. The van der Waals surface area contributed by atoms with Crippen molar-refractivity contribution in [2.45, 2.75) is 19.3 Å². The van der Waals surface area contributed by atoms with Crippen LogP contribution in [0.5, 0.6) is 11.5 Å². The molecule has 0 radical (unpaired) electrons. The zero-order valence-corrected chi connectivity index (χ0v) is 15.7. The van der Waals surface area contributed by atoms with Crippen LogP contribution in [-0.2, 0) is 19.3 Å². The van der Waals surface area contributed by atoms with Crippen molar-refractivity contribution in [1.29, 1.82) is 0 Å². The van der Waals surface area contributed by atoms with E-state index in [1.807, 2.05) is 36.4 Å². The van der Waals surface area contributed by atoms with Crippen LogP contribution in [0.1, 0.15) is 16.8 Å². The molecule has 0 saturated heterocycles. The molecule has 1 aliphatic rings. The van der Waals surface area contributed by atoms with Crippen LogP contribution >= 0.6 is 0 Å². The van der Waals surface area contributed by atoms with Gasteiger partial charge in [0.2, 0.25) is 0 Å². The van der Waals surface area contributed by atoms with Crippen LogP contribution in [0.2, 0.25) is 0 Å². The number of aryl methyl sites for hydroxylation is 2. The van der Waals surface area contributed by atoms with Crippen molar-refractivity contribution in [3.63, 3.8) is 0 Å². The van der Waals surface area contributed by atoms with Gasteiger partial charge in [0.05, 0.1) is 5.52 Å². The molecule has 0 bridgehead atoms. The second kappa shape index (κ2) is 7.35. The van der Waals surface area contributed by atoms with E-state index in [-0.39, 0.29) is 0 Å². The fraction of sp³-hybridized carbons (Fsp3) is 0.160. The van der Waals surface area contributed by atoms with Crippen molar-refractivity contribution in [3.8, 4) is 11.5 Å². The first-order chi connectivity index (χ1) is 13.9. The number of anilines is 1. The maximum absolute atomic E-state index is 6.03. The summed E-state index contributed by atoms with van der Waals surface area (Å²) < 4.78 is 6.03. The van der Waals surface area contributed by atoms with Crippen molar-refractivity contribution < 1.29 is 4.74 Å². The number of ether oxygens (including phenoxy) is 1. The molecule has 0 spiro atoms. The lowest BCUT2D eigenvalue weighted by Gasteiger charge is -2.13. The minimum absolute atomic E-state index is 0.841. The smallest absolute Gasteiger partial charge is 0.128 e. The lowest BCUT2D eigenvalue weighted by atomic mass is 10.0. The Labute approximate surface area is 165 Å². The van der Waals surface area contributed by atoms with Crippen molar-refractivity contribution in [2.24, 2.45) is 0 Å². The molecule has 4 aromatic rings. The summed E-state index contributed by atoms with van der Waals surface area (Å²) in [6.07, 6.45) is 3.01. The normalized spacial score (nSPS) is 12.6. The van der Waals surface area contributed by atoms with Crippen LogP contribution in [0.4, 0.5) is 5.69 Å². The van der Waals surface area contributed by atoms with Crippen molar-refractivity contribution in [3.05, 3.63) is 95.7 Å². The average molecular weight is 366 g/mol. The van der Waals surface area contributed by atoms with Crippen molar-refractivity contribution in [1.82, 2.24) is 4.98 Å². The molecule has 0 atom stereocenters. The van der Waals surface area contributed by atoms with Gasteiger partial charge in [-0.25, -0.2) is 0 Å². The Morgan fingerprint density at radius 2 is 1.61 bits per heavy atom. The summed E-state index contributed by atoms with van der Waals surface area (Å²) in [7, 11) is 0. The van der Waals surface area contributed by atoms with Crippen LogP contribution in [0.15, 0.2) is 78.9 Å². The summed E-state index contributed by atoms with van der Waals surface area (Å²) in [6, 6.07) is 26.7. The highest BCUT2D eigenvalue weighted by Crippen LogP contribution is 2.36. The summed E-state index contributed by atoms with van der Waals surface area (Å²) in [4.78, 5) is 5.01. The minimum atomic E-state index is 0.841. The molecule has 0 aliphatic carbocycles. The van der Waals surface area contributed by atoms with Crippen LogP contribution in [0.3, 0.4) is 0 Å². The fourth-order valence-electron chi connectivity index (χ4n) is 3.92. The number of nitrogens with one attached hydrogen (secondary N) is 1. The SMILES string of the molecule is c1ccc(CCc2nc3ccc(Oc4ccccc4)cc3c3c2CCN3)cc1. The number of fused-ring (bicyclic) bond motifs is 3. The standard InChI is InChI=1S/C25H22N2O/c1-3-7-18(8-4-1)11-13-23-21-15-16-26-25(21)22-17-20(12-14-24(22)27-23)28-19-9-5-2-6-10-19/h1-10,12,14,17,26H,11,13,15-16H2. The summed E-state index contributed by atoms with van der Waals surface area (Å²) >= 11 is 0. The van der Waals surface area contributed by atoms with E-state index in [2.05, 4.69) is 47.8 Å². The quantitative estimate of drug-likeness (QED) is 0.486. The Morgan fingerprint density at radius 1 is 0.821 bits per heavy atom. The molecular formula is C25H22N2O.